The zero-order valence-electron chi connectivity index (χ0n) is 20.5. The molecule has 0 saturated heterocycles. The fraction of sp³-hybridized carbons (Fsp3) is 0.250. The van der Waals surface area contributed by atoms with Crippen molar-refractivity contribution < 1.29 is 0 Å². The van der Waals surface area contributed by atoms with Crippen molar-refractivity contribution in [2.75, 3.05) is 10.6 Å². The maximum absolute atomic E-state index is 4.98. The summed E-state index contributed by atoms with van der Waals surface area (Å²) in [4.78, 5) is 9.97. The van der Waals surface area contributed by atoms with E-state index in [9.17, 15) is 0 Å². The molecule has 0 aliphatic heterocycles. The number of anilines is 4. The molecule has 0 amide bonds. The van der Waals surface area contributed by atoms with Gasteiger partial charge in [0.2, 0.25) is 0 Å². The molecule has 2 heterocycles. The van der Waals surface area contributed by atoms with Crippen molar-refractivity contribution in [3.05, 3.63) is 95.3 Å². The van der Waals surface area contributed by atoms with Gasteiger partial charge in [0.15, 0.2) is 0 Å². The third-order valence-corrected chi connectivity index (χ3v) is 7.76. The lowest BCUT2D eigenvalue weighted by Gasteiger charge is -2.22. The molecule has 0 radical (unpaired) electrons. The number of aryl methyl sites for hydroxylation is 2. The van der Waals surface area contributed by atoms with Crippen LogP contribution in [0.15, 0.2) is 72.8 Å². The van der Waals surface area contributed by atoms with Gasteiger partial charge < -0.3 is 10.6 Å². The molecule has 0 unspecified atom stereocenters. The number of benzene rings is 3. The highest BCUT2D eigenvalue weighted by Gasteiger charge is 2.20. The zero-order chi connectivity index (χ0) is 23.9. The third kappa shape index (κ3) is 3.78. The summed E-state index contributed by atoms with van der Waals surface area (Å²) in [7, 11) is 0. The summed E-state index contributed by atoms with van der Waals surface area (Å²) in [6.07, 6.45) is 9.25. The Bertz CT molecular complexity index is 1470. The predicted molar refractivity (Wildman–Crippen MR) is 150 cm³/mol. The molecule has 2 N–H and O–H groups in total. The monoisotopic (exact) mass is 470 g/mol. The van der Waals surface area contributed by atoms with Gasteiger partial charge in [0, 0.05) is 33.5 Å². The third-order valence-electron chi connectivity index (χ3n) is 7.76. The number of fused-ring (bicyclic) bond motifs is 4. The van der Waals surface area contributed by atoms with E-state index in [4.69, 9.17) is 9.97 Å². The molecule has 5 aromatic rings. The summed E-state index contributed by atoms with van der Waals surface area (Å²) in [5.41, 5.74) is 12.1. The smallest absolute Gasteiger partial charge is 0.0726 e. The van der Waals surface area contributed by atoms with Gasteiger partial charge in [-0.05, 0) is 98.9 Å². The Morgan fingerprint density at radius 1 is 0.472 bits per heavy atom. The molecule has 2 aliphatic rings. The van der Waals surface area contributed by atoms with Gasteiger partial charge in [-0.1, -0.05) is 36.4 Å². The van der Waals surface area contributed by atoms with E-state index >= 15 is 0 Å². The van der Waals surface area contributed by atoms with Crippen LogP contribution in [0.2, 0.25) is 0 Å². The topological polar surface area (TPSA) is 49.8 Å². The quantitative estimate of drug-likeness (QED) is 0.279. The summed E-state index contributed by atoms with van der Waals surface area (Å²) >= 11 is 0. The minimum Gasteiger partial charge on any atom is -0.355 e. The highest BCUT2D eigenvalue weighted by molar-refractivity contribution is 5.97. The highest BCUT2D eigenvalue weighted by atomic mass is 14.9. The first-order valence-corrected chi connectivity index (χ1v) is 13.3. The molecule has 0 saturated carbocycles. The van der Waals surface area contributed by atoms with Crippen LogP contribution in [0.3, 0.4) is 0 Å². The van der Waals surface area contributed by atoms with E-state index in [0.29, 0.717) is 0 Å². The van der Waals surface area contributed by atoms with Crippen molar-refractivity contribution in [1.29, 1.82) is 0 Å². The van der Waals surface area contributed by atoms with Crippen molar-refractivity contribution in [2.45, 2.75) is 51.4 Å². The summed E-state index contributed by atoms with van der Waals surface area (Å²) < 4.78 is 0. The Morgan fingerprint density at radius 3 is 1.36 bits per heavy atom. The number of nitrogens with zero attached hydrogens (tertiary/aromatic N) is 2. The number of pyridine rings is 2. The van der Waals surface area contributed by atoms with E-state index < -0.39 is 0 Å². The van der Waals surface area contributed by atoms with Gasteiger partial charge in [0.05, 0.1) is 22.4 Å². The Morgan fingerprint density at radius 2 is 0.889 bits per heavy atom. The Hall–Kier alpha value is -3.92. The van der Waals surface area contributed by atoms with Crippen LogP contribution in [0.4, 0.5) is 22.7 Å². The van der Waals surface area contributed by atoms with Crippen LogP contribution in [0.5, 0.6) is 0 Å². The molecule has 4 heteroatoms. The average molecular weight is 471 g/mol. The predicted octanol–water partition coefficient (Wildman–Crippen LogP) is 8.03. The Labute approximate surface area is 211 Å². The fourth-order valence-corrected chi connectivity index (χ4v) is 5.96. The second kappa shape index (κ2) is 8.94. The van der Waals surface area contributed by atoms with Gasteiger partial charge >= 0.3 is 0 Å². The minimum absolute atomic E-state index is 1.07. The Balaban J connectivity index is 1.23. The van der Waals surface area contributed by atoms with Crippen molar-refractivity contribution in [3.8, 4) is 0 Å². The largest absolute Gasteiger partial charge is 0.355 e. The number of hydrogen-bond donors (Lipinski definition) is 2. The molecule has 0 bridgehead atoms. The van der Waals surface area contributed by atoms with Crippen molar-refractivity contribution in [1.82, 2.24) is 9.97 Å². The number of hydrogen-bond acceptors (Lipinski definition) is 4. The van der Waals surface area contributed by atoms with Crippen LogP contribution in [-0.2, 0) is 25.7 Å². The first kappa shape index (κ1) is 21.4. The number of rotatable bonds is 4. The fourth-order valence-electron chi connectivity index (χ4n) is 5.96. The minimum atomic E-state index is 1.07. The van der Waals surface area contributed by atoms with E-state index in [-0.39, 0.29) is 0 Å². The molecule has 36 heavy (non-hydrogen) atoms. The van der Waals surface area contributed by atoms with Crippen molar-refractivity contribution in [2.24, 2.45) is 0 Å². The first-order chi connectivity index (χ1) is 17.8. The first-order valence-electron chi connectivity index (χ1n) is 13.3. The zero-order valence-corrected chi connectivity index (χ0v) is 20.5. The maximum Gasteiger partial charge on any atom is 0.0726 e. The molecule has 0 atom stereocenters. The normalized spacial score (nSPS) is 14.9. The number of para-hydroxylation sites is 2. The second-order valence-corrected chi connectivity index (χ2v) is 10.1. The lowest BCUT2D eigenvalue weighted by Crippen LogP contribution is -2.10. The summed E-state index contributed by atoms with van der Waals surface area (Å²) in [5.74, 6) is 0. The molecular weight excluding hydrogens is 440 g/mol. The number of nitrogens with one attached hydrogen (secondary N) is 2. The van der Waals surface area contributed by atoms with Gasteiger partial charge in [0.1, 0.15) is 0 Å². The lowest BCUT2D eigenvalue weighted by atomic mass is 9.92. The van der Waals surface area contributed by atoms with E-state index in [0.717, 1.165) is 48.1 Å². The second-order valence-electron chi connectivity index (χ2n) is 10.1. The SMILES string of the molecule is c1ccc2c(Nc3ccc(Nc4c5c(nc6ccccc46)CCCC5)cc3)c3c(nc2c1)CCCC3. The van der Waals surface area contributed by atoms with Gasteiger partial charge in [-0.2, -0.15) is 0 Å². The van der Waals surface area contributed by atoms with Crippen LogP contribution < -0.4 is 10.6 Å². The lowest BCUT2D eigenvalue weighted by molar-refractivity contribution is 0.672. The molecule has 0 spiro atoms. The van der Waals surface area contributed by atoms with Crippen LogP contribution in [-0.4, -0.2) is 9.97 Å². The number of aromatic nitrogens is 2. The standard InChI is InChI=1S/C32H30N4/c1-5-13-27-23(9-1)31(24-10-2-6-14-28(24)35-27)33-21-17-19-22(20-18-21)34-32-25-11-3-7-15-29(25)36-30-16-8-4-12-26(30)32/h1,3,5,7,9,11,13,15,17-20H,2,4,6,8,10,12,14,16H2,(H,33,35)(H,34,36). The maximum atomic E-state index is 4.98. The van der Waals surface area contributed by atoms with E-state index in [1.54, 1.807) is 0 Å². The van der Waals surface area contributed by atoms with Gasteiger partial charge in [-0.15, -0.1) is 0 Å². The highest BCUT2D eigenvalue weighted by Crippen LogP contribution is 2.37. The molecule has 2 aromatic heterocycles. The van der Waals surface area contributed by atoms with E-state index in [1.807, 2.05) is 0 Å². The summed E-state index contributed by atoms with van der Waals surface area (Å²) in [6.45, 7) is 0. The van der Waals surface area contributed by atoms with Gasteiger partial charge in [0.25, 0.3) is 0 Å². The van der Waals surface area contributed by atoms with E-state index in [2.05, 4.69) is 83.4 Å². The molecule has 4 nitrogen and oxygen atoms in total. The molecular formula is C32H30N4. The summed E-state index contributed by atoms with van der Waals surface area (Å²) in [5, 5.41) is 9.94. The molecule has 7 rings (SSSR count). The molecule has 0 fully saturated rings. The van der Waals surface area contributed by atoms with E-state index in [1.165, 1.54) is 70.3 Å². The van der Waals surface area contributed by atoms with Gasteiger partial charge in [-0.3, -0.25) is 9.97 Å². The molecule has 178 valence electrons. The van der Waals surface area contributed by atoms with Crippen LogP contribution >= 0.6 is 0 Å². The van der Waals surface area contributed by atoms with Gasteiger partial charge in [-0.25, -0.2) is 0 Å². The Kier molecular flexibility index (Phi) is 5.31. The van der Waals surface area contributed by atoms with Crippen molar-refractivity contribution >= 4 is 44.6 Å². The summed E-state index contributed by atoms with van der Waals surface area (Å²) in [6, 6.07) is 25.7. The van der Waals surface area contributed by atoms with Crippen molar-refractivity contribution in [3.63, 3.8) is 0 Å². The molecule has 2 aliphatic carbocycles. The van der Waals surface area contributed by atoms with Crippen LogP contribution in [0.1, 0.15) is 48.2 Å². The van der Waals surface area contributed by atoms with Crippen LogP contribution in [0, 0.1) is 0 Å². The average Bonchev–Trinajstić information content (AvgIpc) is 2.94. The molecule has 3 aromatic carbocycles. The van der Waals surface area contributed by atoms with Crippen LogP contribution in [0.25, 0.3) is 21.8 Å².